The number of carbonyl (C=O) groups is 1. The van der Waals surface area contributed by atoms with Gasteiger partial charge in [-0.1, -0.05) is 19.3 Å². The van der Waals surface area contributed by atoms with Crippen molar-refractivity contribution in [3.8, 4) is 11.5 Å². The highest BCUT2D eigenvalue weighted by Crippen LogP contribution is 2.34. The summed E-state index contributed by atoms with van der Waals surface area (Å²) in [6.07, 6.45) is 8.06. The molecule has 2 N–H and O–H groups in total. The molecule has 3 heterocycles. The van der Waals surface area contributed by atoms with Crippen LogP contribution in [0.5, 0.6) is 0 Å². The van der Waals surface area contributed by atoms with E-state index in [1.807, 2.05) is 12.3 Å². The zero-order valence-corrected chi connectivity index (χ0v) is 16.0. The number of aromatic nitrogens is 4. The molecule has 2 aliphatic rings. The molecule has 1 aliphatic carbocycles. The average Bonchev–Trinajstić information content (AvgIpc) is 3.29. The van der Waals surface area contributed by atoms with Gasteiger partial charge in [0.25, 0.3) is 0 Å². The number of likely N-dealkylation sites (tertiary alicyclic amines) is 1. The van der Waals surface area contributed by atoms with E-state index in [1.165, 1.54) is 19.3 Å². The molecule has 2 aromatic heterocycles. The molecule has 2 amide bonds. The molecule has 4 rings (SSSR count). The van der Waals surface area contributed by atoms with Gasteiger partial charge in [0.1, 0.15) is 11.5 Å². The Labute approximate surface area is 157 Å². The number of piperidine rings is 1. The van der Waals surface area contributed by atoms with Crippen LogP contribution in [0, 0.1) is 6.92 Å². The Morgan fingerprint density at radius 1 is 1.19 bits per heavy atom. The number of carbonyl (C=O) groups excluding carboxylic acids is 1. The van der Waals surface area contributed by atoms with E-state index in [0.29, 0.717) is 18.4 Å². The lowest BCUT2D eigenvalue weighted by atomic mass is 9.93. The summed E-state index contributed by atoms with van der Waals surface area (Å²) in [6.45, 7) is 3.37. The maximum Gasteiger partial charge on any atom is 0.314 e. The molecule has 1 saturated carbocycles. The molecular formula is C18H26N6OS. The van der Waals surface area contributed by atoms with Gasteiger partial charge in [0.15, 0.2) is 0 Å². The van der Waals surface area contributed by atoms with Crippen molar-refractivity contribution in [1.29, 1.82) is 0 Å². The van der Waals surface area contributed by atoms with E-state index >= 15 is 0 Å². The van der Waals surface area contributed by atoms with E-state index in [-0.39, 0.29) is 11.9 Å². The molecule has 1 atom stereocenters. The van der Waals surface area contributed by atoms with Gasteiger partial charge in [-0.2, -0.15) is 0 Å². The standard InChI is InChI=1S/C18H26N6OS/c1-12-20-15(11-26-12)16-21-17(13-6-5-9-23(10-13)18(19)25)24(22-16)14-7-3-2-4-8-14/h11,13-14H,2-10H2,1H3,(H2,19,25)/t13-/m0/s1. The Kier molecular flexibility index (Phi) is 4.93. The van der Waals surface area contributed by atoms with Crippen molar-refractivity contribution >= 4 is 17.4 Å². The number of nitrogens with two attached hydrogens (primary N) is 1. The third-order valence-corrected chi connectivity index (χ3v) is 6.30. The molecule has 0 aromatic carbocycles. The minimum absolute atomic E-state index is 0.194. The molecule has 0 unspecified atom stereocenters. The summed E-state index contributed by atoms with van der Waals surface area (Å²) in [5.41, 5.74) is 6.38. The normalized spacial score (nSPS) is 21.9. The van der Waals surface area contributed by atoms with Crippen LogP contribution in [-0.2, 0) is 0 Å². The Bertz CT molecular complexity index is 778. The third kappa shape index (κ3) is 3.47. The minimum Gasteiger partial charge on any atom is -0.351 e. The molecule has 0 radical (unpaired) electrons. The highest BCUT2D eigenvalue weighted by Gasteiger charge is 2.31. The number of primary amides is 1. The number of hydrogen-bond acceptors (Lipinski definition) is 5. The van der Waals surface area contributed by atoms with Crippen LogP contribution in [0.15, 0.2) is 5.38 Å². The summed E-state index contributed by atoms with van der Waals surface area (Å²) in [5.74, 6) is 1.91. The fourth-order valence-electron chi connectivity index (χ4n) is 4.17. The van der Waals surface area contributed by atoms with Gasteiger partial charge in [0.05, 0.1) is 11.0 Å². The topological polar surface area (TPSA) is 89.9 Å². The largest absolute Gasteiger partial charge is 0.351 e. The first kappa shape index (κ1) is 17.5. The SMILES string of the molecule is Cc1nc(-c2nc([C@H]3CCCN(C(N)=O)C3)n(C3CCCCC3)n2)cs1. The van der Waals surface area contributed by atoms with Crippen LogP contribution in [0.25, 0.3) is 11.5 Å². The van der Waals surface area contributed by atoms with E-state index in [2.05, 4.69) is 9.67 Å². The predicted octanol–water partition coefficient (Wildman–Crippen LogP) is 3.47. The number of hydrogen-bond donors (Lipinski definition) is 1. The second-order valence-electron chi connectivity index (χ2n) is 7.41. The van der Waals surface area contributed by atoms with Gasteiger partial charge >= 0.3 is 6.03 Å². The van der Waals surface area contributed by atoms with Gasteiger partial charge in [0.2, 0.25) is 5.82 Å². The zero-order chi connectivity index (χ0) is 18.1. The minimum atomic E-state index is -0.339. The van der Waals surface area contributed by atoms with E-state index in [9.17, 15) is 4.79 Å². The Morgan fingerprint density at radius 2 is 2.00 bits per heavy atom. The number of nitrogens with zero attached hydrogens (tertiary/aromatic N) is 5. The molecule has 7 nitrogen and oxygen atoms in total. The van der Waals surface area contributed by atoms with Crippen molar-refractivity contribution in [1.82, 2.24) is 24.6 Å². The summed E-state index contributed by atoms with van der Waals surface area (Å²) in [5, 5.41) is 7.92. The second-order valence-corrected chi connectivity index (χ2v) is 8.47. The van der Waals surface area contributed by atoms with Crippen molar-refractivity contribution < 1.29 is 4.79 Å². The second kappa shape index (κ2) is 7.34. The Balaban J connectivity index is 1.68. The summed E-state index contributed by atoms with van der Waals surface area (Å²) in [6, 6.07) is 0.0671. The van der Waals surface area contributed by atoms with E-state index in [4.69, 9.17) is 15.8 Å². The fraction of sp³-hybridized carbons (Fsp3) is 0.667. The van der Waals surface area contributed by atoms with Crippen molar-refractivity contribution in [2.75, 3.05) is 13.1 Å². The van der Waals surface area contributed by atoms with Crippen LogP contribution in [0.2, 0.25) is 0 Å². The molecule has 2 aromatic rings. The lowest BCUT2D eigenvalue weighted by molar-refractivity contribution is 0.185. The predicted molar refractivity (Wildman–Crippen MR) is 101 cm³/mol. The summed E-state index contributed by atoms with van der Waals surface area (Å²) in [4.78, 5) is 22.8. The van der Waals surface area contributed by atoms with Gasteiger partial charge in [-0.3, -0.25) is 0 Å². The number of aryl methyl sites for hydroxylation is 1. The average molecular weight is 375 g/mol. The fourth-order valence-corrected chi connectivity index (χ4v) is 4.76. The van der Waals surface area contributed by atoms with Gasteiger partial charge in [-0.15, -0.1) is 16.4 Å². The van der Waals surface area contributed by atoms with E-state index in [0.717, 1.165) is 48.8 Å². The van der Waals surface area contributed by atoms with Crippen LogP contribution < -0.4 is 5.73 Å². The monoisotopic (exact) mass is 374 g/mol. The highest BCUT2D eigenvalue weighted by molar-refractivity contribution is 7.09. The molecule has 140 valence electrons. The van der Waals surface area contributed by atoms with Gasteiger partial charge in [-0.25, -0.2) is 19.4 Å². The Morgan fingerprint density at radius 3 is 2.69 bits per heavy atom. The summed E-state index contributed by atoms with van der Waals surface area (Å²) in [7, 11) is 0. The molecule has 0 spiro atoms. The van der Waals surface area contributed by atoms with Crippen molar-refractivity contribution in [2.24, 2.45) is 5.73 Å². The van der Waals surface area contributed by atoms with Crippen LogP contribution >= 0.6 is 11.3 Å². The van der Waals surface area contributed by atoms with Crippen molar-refractivity contribution in [3.63, 3.8) is 0 Å². The molecule has 1 saturated heterocycles. The molecule has 2 fully saturated rings. The number of urea groups is 1. The number of amides is 2. The third-order valence-electron chi connectivity index (χ3n) is 5.52. The summed E-state index contributed by atoms with van der Waals surface area (Å²) >= 11 is 1.62. The van der Waals surface area contributed by atoms with Gasteiger partial charge < -0.3 is 10.6 Å². The molecule has 8 heteroatoms. The molecule has 1 aliphatic heterocycles. The van der Waals surface area contributed by atoms with Crippen LogP contribution in [0.3, 0.4) is 0 Å². The van der Waals surface area contributed by atoms with Crippen LogP contribution in [-0.4, -0.2) is 43.8 Å². The number of thiazole rings is 1. The first-order chi connectivity index (χ1) is 12.6. The highest BCUT2D eigenvalue weighted by atomic mass is 32.1. The van der Waals surface area contributed by atoms with Crippen LogP contribution in [0.4, 0.5) is 4.79 Å². The maximum absolute atomic E-state index is 11.6. The molecule has 0 bridgehead atoms. The van der Waals surface area contributed by atoms with E-state index in [1.54, 1.807) is 16.2 Å². The van der Waals surface area contributed by atoms with E-state index < -0.39 is 0 Å². The van der Waals surface area contributed by atoms with Crippen molar-refractivity contribution in [3.05, 3.63) is 16.2 Å². The first-order valence-corrected chi connectivity index (χ1v) is 10.4. The number of rotatable bonds is 3. The van der Waals surface area contributed by atoms with Crippen molar-refractivity contribution in [2.45, 2.75) is 63.8 Å². The quantitative estimate of drug-likeness (QED) is 0.890. The lowest BCUT2D eigenvalue weighted by Gasteiger charge is -2.32. The van der Waals surface area contributed by atoms with Gasteiger partial charge in [0, 0.05) is 24.4 Å². The lowest BCUT2D eigenvalue weighted by Crippen LogP contribution is -2.42. The smallest absolute Gasteiger partial charge is 0.314 e. The zero-order valence-electron chi connectivity index (χ0n) is 15.2. The molecule has 26 heavy (non-hydrogen) atoms. The summed E-state index contributed by atoms with van der Waals surface area (Å²) < 4.78 is 2.15. The Hall–Kier alpha value is -1.96. The van der Waals surface area contributed by atoms with Crippen LogP contribution in [0.1, 0.15) is 67.7 Å². The van der Waals surface area contributed by atoms with Gasteiger partial charge in [-0.05, 0) is 32.6 Å². The maximum atomic E-state index is 11.6. The first-order valence-electron chi connectivity index (χ1n) is 9.55. The molecular weight excluding hydrogens is 348 g/mol.